The molecule has 2 rings (SSSR count). The molecule has 6 nitrogen and oxygen atoms in total. The van der Waals surface area contributed by atoms with Gasteiger partial charge in [0.2, 0.25) is 0 Å². The van der Waals surface area contributed by atoms with Gasteiger partial charge < -0.3 is 9.40 Å². The van der Waals surface area contributed by atoms with Crippen LogP contribution < -0.4 is 4.87 Å². The number of hydrogen-bond donors (Lipinski definition) is 1. The standard InChI is InChI=1S/C11H14N2O4S2/c1-7-4-5-9(17-7)6-13(3)19(15,16)10-8(2)12-11(14)18-10/h4-5H,6H2,1-3H3,(H,12,14). The summed E-state index contributed by atoms with van der Waals surface area (Å²) in [7, 11) is -2.22. The lowest BCUT2D eigenvalue weighted by Crippen LogP contribution is -2.26. The van der Waals surface area contributed by atoms with Gasteiger partial charge in [0, 0.05) is 12.7 Å². The van der Waals surface area contributed by atoms with E-state index in [1.807, 2.05) is 0 Å². The highest BCUT2D eigenvalue weighted by Crippen LogP contribution is 2.22. The zero-order valence-electron chi connectivity index (χ0n) is 10.8. The quantitative estimate of drug-likeness (QED) is 0.927. The molecule has 0 spiro atoms. The van der Waals surface area contributed by atoms with Crippen molar-refractivity contribution in [3.05, 3.63) is 39.0 Å². The third-order valence-electron chi connectivity index (χ3n) is 2.60. The summed E-state index contributed by atoms with van der Waals surface area (Å²) in [6, 6.07) is 3.50. The number of nitrogens with zero attached hydrogens (tertiary/aromatic N) is 1. The Bertz CT molecular complexity index is 739. The van der Waals surface area contributed by atoms with Gasteiger partial charge in [-0.2, -0.15) is 4.31 Å². The lowest BCUT2D eigenvalue weighted by molar-refractivity contribution is 0.398. The topological polar surface area (TPSA) is 83.4 Å². The maximum atomic E-state index is 12.3. The van der Waals surface area contributed by atoms with Crippen molar-refractivity contribution in [2.45, 2.75) is 24.6 Å². The molecule has 0 amide bonds. The van der Waals surface area contributed by atoms with Crippen LogP contribution >= 0.6 is 11.3 Å². The number of nitrogens with one attached hydrogen (secondary N) is 1. The van der Waals surface area contributed by atoms with E-state index < -0.39 is 10.0 Å². The second kappa shape index (κ2) is 4.95. The number of rotatable bonds is 4. The normalized spacial score (nSPS) is 12.2. The molecule has 19 heavy (non-hydrogen) atoms. The molecule has 0 saturated heterocycles. The zero-order valence-corrected chi connectivity index (χ0v) is 12.4. The molecule has 0 fully saturated rings. The number of H-pyrrole nitrogens is 1. The average Bonchev–Trinajstić information content (AvgIpc) is 2.85. The molecule has 2 aromatic rings. The first-order valence-corrected chi connectivity index (χ1v) is 7.77. The van der Waals surface area contributed by atoms with Gasteiger partial charge in [-0.3, -0.25) is 4.79 Å². The summed E-state index contributed by atoms with van der Waals surface area (Å²) in [6.07, 6.45) is 0. The fraction of sp³-hybridized carbons (Fsp3) is 0.364. The van der Waals surface area contributed by atoms with Crippen LogP contribution in [-0.2, 0) is 16.6 Å². The van der Waals surface area contributed by atoms with Gasteiger partial charge in [-0.05, 0) is 26.0 Å². The van der Waals surface area contributed by atoms with Crippen molar-refractivity contribution in [2.75, 3.05) is 7.05 Å². The van der Waals surface area contributed by atoms with Gasteiger partial charge in [0.1, 0.15) is 11.5 Å². The summed E-state index contributed by atoms with van der Waals surface area (Å²) < 4.78 is 31.2. The Kier molecular flexibility index (Phi) is 3.66. The fourth-order valence-corrected chi connectivity index (χ4v) is 4.28. The van der Waals surface area contributed by atoms with Crippen LogP contribution in [-0.4, -0.2) is 24.8 Å². The summed E-state index contributed by atoms with van der Waals surface area (Å²) in [5.41, 5.74) is 0.359. The van der Waals surface area contributed by atoms with E-state index in [1.165, 1.54) is 7.05 Å². The predicted octanol–water partition coefficient (Wildman–Crippen LogP) is 1.47. The average molecular weight is 302 g/mol. The number of furan rings is 1. The SMILES string of the molecule is Cc1ccc(CN(C)S(=O)(=O)c2sc(=O)[nH]c2C)o1. The van der Waals surface area contributed by atoms with Gasteiger partial charge in [0.05, 0.1) is 6.54 Å². The van der Waals surface area contributed by atoms with Gasteiger partial charge in [0.25, 0.3) is 10.0 Å². The minimum absolute atomic E-state index is 0.0447. The molecular weight excluding hydrogens is 288 g/mol. The summed E-state index contributed by atoms with van der Waals surface area (Å²) in [6.45, 7) is 3.48. The third-order valence-corrected chi connectivity index (χ3v) is 5.99. The monoisotopic (exact) mass is 302 g/mol. The molecule has 1 N–H and O–H groups in total. The minimum Gasteiger partial charge on any atom is -0.465 e. The molecule has 8 heteroatoms. The molecule has 0 atom stereocenters. The Morgan fingerprint density at radius 1 is 1.37 bits per heavy atom. The van der Waals surface area contributed by atoms with Crippen LogP contribution in [0.25, 0.3) is 0 Å². The second-order valence-electron chi connectivity index (χ2n) is 4.20. The molecule has 0 aliphatic rings. The maximum absolute atomic E-state index is 12.3. The van der Waals surface area contributed by atoms with Gasteiger partial charge in [-0.1, -0.05) is 11.3 Å². The highest BCUT2D eigenvalue weighted by molar-refractivity contribution is 7.91. The van der Waals surface area contributed by atoms with Crippen LogP contribution in [0.5, 0.6) is 0 Å². The number of sulfonamides is 1. The molecular formula is C11H14N2O4S2. The third kappa shape index (κ3) is 2.80. The molecule has 0 saturated carbocycles. The van der Waals surface area contributed by atoms with E-state index in [4.69, 9.17) is 4.42 Å². The van der Waals surface area contributed by atoms with E-state index in [0.717, 1.165) is 10.1 Å². The van der Waals surface area contributed by atoms with Gasteiger partial charge >= 0.3 is 4.87 Å². The Hall–Kier alpha value is -1.38. The minimum atomic E-state index is -3.68. The summed E-state index contributed by atoms with van der Waals surface area (Å²) in [5.74, 6) is 1.28. The first kappa shape index (κ1) is 14.0. The highest BCUT2D eigenvalue weighted by atomic mass is 32.2. The van der Waals surface area contributed by atoms with Crippen molar-refractivity contribution >= 4 is 21.4 Å². The Morgan fingerprint density at radius 2 is 2.05 bits per heavy atom. The van der Waals surface area contributed by atoms with Crippen LogP contribution in [0.4, 0.5) is 0 Å². The maximum Gasteiger partial charge on any atom is 0.305 e. The van der Waals surface area contributed by atoms with Crippen LogP contribution in [0.3, 0.4) is 0 Å². The zero-order chi connectivity index (χ0) is 14.2. The summed E-state index contributed by atoms with van der Waals surface area (Å²) in [4.78, 5) is 13.3. The Labute approximate surface area is 114 Å². The molecule has 0 radical (unpaired) electrons. The number of hydrogen-bond acceptors (Lipinski definition) is 5. The molecule has 0 unspecified atom stereocenters. The molecule has 0 aliphatic heterocycles. The van der Waals surface area contributed by atoms with Crippen molar-refractivity contribution in [1.82, 2.24) is 9.29 Å². The summed E-state index contributed by atoms with van der Waals surface area (Å²) in [5, 5.41) is 0. The van der Waals surface area contributed by atoms with Crippen LogP contribution in [0.15, 0.2) is 25.6 Å². The van der Waals surface area contributed by atoms with Crippen molar-refractivity contribution in [1.29, 1.82) is 0 Å². The van der Waals surface area contributed by atoms with Crippen molar-refractivity contribution in [2.24, 2.45) is 0 Å². The molecule has 2 aromatic heterocycles. The summed E-state index contributed by atoms with van der Waals surface area (Å²) >= 11 is 0.694. The molecule has 0 bridgehead atoms. The van der Waals surface area contributed by atoms with Crippen LogP contribution in [0.2, 0.25) is 0 Å². The van der Waals surface area contributed by atoms with Gasteiger partial charge in [-0.15, -0.1) is 0 Å². The van der Waals surface area contributed by atoms with Gasteiger partial charge in [0.15, 0.2) is 4.21 Å². The number of aryl methyl sites for hydroxylation is 2. The smallest absolute Gasteiger partial charge is 0.305 e. The number of thiazole rings is 1. The number of aromatic amines is 1. The number of aromatic nitrogens is 1. The van der Waals surface area contributed by atoms with Crippen LogP contribution in [0, 0.1) is 13.8 Å². The van der Waals surface area contributed by atoms with E-state index in [2.05, 4.69) is 4.98 Å². The van der Waals surface area contributed by atoms with E-state index >= 15 is 0 Å². The molecule has 2 heterocycles. The van der Waals surface area contributed by atoms with E-state index in [9.17, 15) is 13.2 Å². The lowest BCUT2D eigenvalue weighted by Gasteiger charge is -2.14. The van der Waals surface area contributed by atoms with E-state index in [0.29, 0.717) is 22.8 Å². The molecule has 104 valence electrons. The molecule has 0 aromatic carbocycles. The van der Waals surface area contributed by atoms with E-state index in [-0.39, 0.29) is 15.6 Å². The van der Waals surface area contributed by atoms with Gasteiger partial charge in [-0.25, -0.2) is 8.42 Å². The fourth-order valence-electron chi connectivity index (χ4n) is 1.65. The Balaban J connectivity index is 2.29. The van der Waals surface area contributed by atoms with E-state index in [1.54, 1.807) is 26.0 Å². The molecule has 0 aliphatic carbocycles. The Morgan fingerprint density at radius 3 is 2.53 bits per heavy atom. The first-order valence-electron chi connectivity index (χ1n) is 5.52. The first-order chi connectivity index (χ1) is 8.80. The van der Waals surface area contributed by atoms with Crippen molar-refractivity contribution < 1.29 is 12.8 Å². The second-order valence-corrected chi connectivity index (χ2v) is 7.42. The van der Waals surface area contributed by atoms with Crippen LogP contribution in [0.1, 0.15) is 17.2 Å². The highest BCUT2D eigenvalue weighted by Gasteiger charge is 2.26. The predicted molar refractivity (Wildman–Crippen MR) is 71.8 cm³/mol. The van der Waals surface area contributed by atoms with Crippen molar-refractivity contribution in [3.8, 4) is 0 Å². The lowest BCUT2D eigenvalue weighted by atomic mass is 10.4. The van der Waals surface area contributed by atoms with Crippen molar-refractivity contribution in [3.63, 3.8) is 0 Å². The largest absolute Gasteiger partial charge is 0.465 e.